The topological polar surface area (TPSA) is 76.7 Å². The number of benzene rings is 1. The summed E-state index contributed by atoms with van der Waals surface area (Å²) in [5.74, 6) is -0.360. The number of hydrogen-bond donors (Lipinski definition) is 2. The van der Waals surface area contributed by atoms with E-state index in [4.69, 9.17) is 10.5 Å². The number of amides is 1. The minimum atomic E-state index is -0.834. The quantitative estimate of drug-likeness (QED) is 0.871. The molecule has 5 nitrogen and oxygen atoms in total. The molecule has 2 heterocycles. The molecule has 0 spiro atoms. The lowest BCUT2D eigenvalue weighted by Gasteiger charge is -2.33. The van der Waals surface area contributed by atoms with Crippen molar-refractivity contribution in [3.05, 3.63) is 47.7 Å². The first-order chi connectivity index (χ1) is 10.2. The van der Waals surface area contributed by atoms with Gasteiger partial charge in [0.1, 0.15) is 0 Å². The van der Waals surface area contributed by atoms with Gasteiger partial charge in [0.15, 0.2) is 0 Å². The molecule has 5 heteroatoms. The van der Waals surface area contributed by atoms with Crippen LogP contribution >= 0.6 is 0 Å². The van der Waals surface area contributed by atoms with E-state index in [0.29, 0.717) is 13.0 Å². The van der Waals surface area contributed by atoms with Gasteiger partial charge in [0, 0.05) is 31.9 Å². The first-order valence-corrected chi connectivity index (χ1v) is 7.15. The average Bonchev–Trinajstić information content (AvgIpc) is 2.56. The Balaban J connectivity index is 2.06. The molecule has 2 atom stereocenters. The van der Waals surface area contributed by atoms with Crippen LogP contribution in [0, 0.1) is 0 Å². The van der Waals surface area contributed by atoms with Crippen molar-refractivity contribution in [3.63, 3.8) is 0 Å². The molecule has 1 aromatic carbocycles. The zero-order valence-corrected chi connectivity index (χ0v) is 11.8. The molecule has 2 aliphatic heterocycles. The van der Waals surface area contributed by atoms with Gasteiger partial charge in [-0.1, -0.05) is 24.3 Å². The van der Waals surface area contributed by atoms with Crippen LogP contribution in [-0.4, -0.2) is 31.8 Å². The molecule has 21 heavy (non-hydrogen) atoms. The van der Waals surface area contributed by atoms with Gasteiger partial charge in [-0.05, 0) is 17.2 Å². The lowest BCUT2D eigenvalue weighted by molar-refractivity contribution is -0.121. The van der Waals surface area contributed by atoms with Gasteiger partial charge >= 0.3 is 0 Å². The number of aliphatic imine (C=N–C) groups is 1. The third kappa shape index (κ3) is 2.50. The minimum absolute atomic E-state index is 0.0570. The van der Waals surface area contributed by atoms with Crippen LogP contribution in [0.25, 0.3) is 0 Å². The Hall–Kier alpha value is -1.98. The number of primary amides is 1. The number of carbonyl (C=O) groups is 1. The lowest BCUT2D eigenvalue weighted by atomic mass is 9.73. The van der Waals surface area contributed by atoms with Gasteiger partial charge < -0.3 is 15.8 Å². The highest BCUT2D eigenvalue weighted by Crippen LogP contribution is 2.36. The van der Waals surface area contributed by atoms with Crippen molar-refractivity contribution in [3.8, 4) is 0 Å². The van der Waals surface area contributed by atoms with E-state index >= 15 is 0 Å². The largest absolute Gasteiger partial charge is 0.371 e. The van der Waals surface area contributed by atoms with Crippen LogP contribution in [0.4, 0.5) is 0 Å². The third-order valence-corrected chi connectivity index (χ3v) is 4.12. The molecule has 2 aliphatic rings. The van der Waals surface area contributed by atoms with E-state index in [0.717, 1.165) is 24.2 Å². The second-order valence-corrected chi connectivity index (χ2v) is 5.34. The van der Waals surface area contributed by atoms with E-state index < -0.39 is 5.41 Å². The summed E-state index contributed by atoms with van der Waals surface area (Å²) < 4.78 is 5.85. The Morgan fingerprint density at radius 3 is 2.95 bits per heavy atom. The number of nitrogens with two attached hydrogens (primary N) is 1. The smallest absolute Gasteiger partial charge is 0.232 e. The highest BCUT2D eigenvalue weighted by molar-refractivity contribution is 5.93. The third-order valence-electron chi connectivity index (χ3n) is 4.12. The van der Waals surface area contributed by atoms with Crippen LogP contribution in [-0.2, 0) is 14.9 Å². The molecule has 1 saturated heterocycles. The molecule has 3 rings (SSSR count). The van der Waals surface area contributed by atoms with E-state index in [9.17, 15) is 4.79 Å². The van der Waals surface area contributed by atoms with Crippen molar-refractivity contribution >= 4 is 12.1 Å². The van der Waals surface area contributed by atoms with E-state index in [1.807, 2.05) is 24.3 Å². The molecule has 1 aromatic rings. The summed E-state index contributed by atoms with van der Waals surface area (Å²) in [6.07, 6.45) is 5.60. The number of hydrogen-bond acceptors (Lipinski definition) is 4. The Bertz CT molecular complexity index is 591. The second kappa shape index (κ2) is 5.79. The molecule has 0 aliphatic carbocycles. The predicted molar refractivity (Wildman–Crippen MR) is 81.1 cm³/mol. The van der Waals surface area contributed by atoms with Crippen LogP contribution in [0.15, 0.2) is 41.5 Å². The molecule has 0 radical (unpaired) electrons. The monoisotopic (exact) mass is 285 g/mol. The number of morpholine rings is 1. The molecule has 110 valence electrons. The van der Waals surface area contributed by atoms with Crippen LogP contribution in [0.1, 0.15) is 23.7 Å². The molecule has 0 bridgehead atoms. The fourth-order valence-electron chi connectivity index (χ4n) is 2.96. The first kappa shape index (κ1) is 14.0. The summed E-state index contributed by atoms with van der Waals surface area (Å²) in [5, 5.41) is 3.32. The van der Waals surface area contributed by atoms with Gasteiger partial charge in [-0.2, -0.15) is 0 Å². The van der Waals surface area contributed by atoms with E-state index in [1.165, 1.54) is 0 Å². The van der Waals surface area contributed by atoms with E-state index in [2.05, 4.69) is 10.3 Å². The molecule has 0 aromatic heterocycles. The van der Waals surface area contributed by atoms with E-state index in [-0.39, 0.29) is 12.0 Å². The van der Waals surface area contributed by atoms with Crippen molar-refractivity contribution in [2.45, 2.75) is 17.9 Å². The molecule has 3 N–H and O–H groups in total. The zero-order valence-electron chi connectivity index (χ0n) is 11.8. The highest BCUT2D eigenvalue weighted by atomic mass is 16.5. The van der Waals surface area contributed by atoms with Crippen molar-refractivity contribution in [1.29, 1.82) is 0 Å². The standard InChI is InChI=1S/C16H19N3O2/c17-15(20)16(5-7-18-8-6-16)13-4-2-1-3-12(13)14-11-19-9-10-21-14/h1-5,7-8,14,19H,6,9-11H2,(H2,17,20). The fourth-order valence-corrected chi connectivity index (χ4v) is 2.96. The van der Waals surface area contributed by atoms with Crippen LogP contribution < -0.4 is 11.1 Å². The van der Waals surface area contributed by atoms with Gasteiger partial charge in [0.05, 0.1) is 18.1 Å². The first-order valence-electron chi connectivity index (χ1n) is 7.15. The van der Waals surface area contributed by atoms with Crippen molar-refractivity contribution in [2.24, 2.45) is 10.7 Å². The Morgan fingerprint density at radius 2 is 2.29 bits per heavy atom. The van der Waals surface area contributed by atoms with Crippen molar-refractivity contribution < 1.29 is 9.53 Å². The van der Waals surface area contributed by atoms with Gasteiger partial charge in [-0.3, -0.25) is 9.79 Å². The number of carbonyl (C=O) groups excluding carboxylic acids is 1. The molecule has 1 fully saturated rings. The summed E-state index contributed by atoms with van der Waals surface area (Å²) in [5.41, 5.74) is 6.82. The fraction of sp³-hybridized carbons (Fsp3) is 0.375. The molecular formula is C16H19N3O2. The van der Waals surface area contributed by atoms with Gasteiger partial charge in [-0.15, -0.1) is 0 Å². The highest BCUT2D eigenvalue weighted by Gasteiger charge is 2.39. The molecule has 1 amide bonds. The molecular weight excluding hydrogens is 266 g/mol. The Kier molecular flexibility index (Phi) is 3.86. The summed E-state index contributed by atoms with van der Waals surface area (Å²) in [6, 6.07) is 7.87. The number of nitrogens with one attached hydrogen (secondary N) is 1. The van der Waals surface area contributed by atoms with Gasteiger partial charge in [0.2, 0.25) is 5.91 Å². The summed E-state index contributed by atoms with van der Waals surface area (Å²) in [7, 11) is 0. The number of rotatable bonds is 3. The van der Waals surface area contributed by atoms with Gasteiger partial charge in [0.25, 0.3) is 0 Å². The average molecular weight is 285 g/mol. The molecule has 0 saturated carbocycles. The maximum absolute atomic E-state index is 12.2. The summed E-state index contributed by atoms with van der Waals surface area (Å²) in [6.45, 7) is 2.26. The van der Waals surface area contributed by atoms with Gasteiger partial charge in [-0.25, -0.2) is 0 Å². The maximum Gasteiger partial charge on any atom is 0.232 e. The van der Waals surface area contributed by atoms with Crippen LogP contribution in [0.5, 0.6) is 0 Å². The second-order valence-electron chi connectivity index (χ2n) is 5.34. The Labute approximate surface area is 123 Å². The maximum atomic E-state index is 12.2. The summed E-state index contributed by atoms with van der Waals surface area (Å²) in [4.78, 5) is 16.2. The van der Waals surface area contributed by atoms with Crippen LogP contribution in [0.3, 0.4) is 0 Å². The minimum Gasteiger partial charge on any atom is -0.371 e. The number of ether oxygens (including phenoxy) is 1. The van der Waals surface area contributed by atoms with E-state index in [1.54, 1.807) is 18.5 Å². The summed E-state index contributed by atoms with van der Waals surface area (Å²) >= 11 is 0. The lowest BCUT2D eigenvalue weighted by Crippen LogP contribution is -2.42. The predicted octanol–water partition coefficient (Wildman–Crippen LogP) is 1.06. The Morgan fingerprint density at radius 1 is 1.43 bits per heavy atom. The SMILES string of the molecule is NC(=O)C1(c2ccccc2C2CNCCO2)C=CN=CC1. The normalized spacial score (nSPS) is 28.5. The van der Waals surface area contributed by atoms with Crippen molar-refractivity contribution in [1.82, 2.24) is 5.32 Å². The number of nitrogens with zero attached hydrogens (tertiary/aromatic N) is 1. The van der Waals surface area contributed by atoms with Crippen LogP contribution in [0.2, 0.25) is 0 Å². The zero-order chi connectivity index (χ0) is 14.7. The molecule has 2 unspecified atom stereocenters. The van der Waals surface area contributed by atoms with Crippen molar-refractivity contribution in [2.75, 3.05) is 19.7 Å².